The lowest BCUT2D eigenvalue weighted by Gasteiger charge is -2.33. The van der Waals surface area contributed by atoms with E-state index in [4.69, 9.17) is 5.10 Å². The standard InChI is InChI=1S/C27H28FN5O/c1-18-5-10-23(19(2)14-18)24-15-25-26(29-11-13-33(25)31-24)32-12-3-4-21(17-32)27(34)30-16-20-6-8-22(28)9-7-20/h5-11,13-15,21H,3-4,12,16-17H2,1-2H3,(H,30,34). The van der Waals surface area contributed by atoms with Crippen LogP contribution in [0.5, 0.6) is 0 Å². The highest BCUT2D eigenvalue weighted by atomic mass is 19.1. The quantitative estimate of drug-likeness (QED) is 0.473. The summed E-state index contributed by atoms with van der Waals surface area (Å²) >= 11 is 0. The zero-order valence-corrected chi connectivity index (χ0v) is 19.5. The zero-order chi connectivity index (χ0) is 23.7. The molecule has 0 bridgehead atoms. The highest BCUT2D eigenvalue weighted by Crippen LogP contribution is 2.30. The minimum Gasteiger partial charge on any atom is -0.354 e. The molecule has 1 atom stereocenters. The third-order valence-corrected chi connectivity index (χ3v) is 6.50. The molecule has 1 amide bonds. The van der Waals surface area contributed by atoms with Gasteiger partial charge in [-0.2, -0.15) is 5.10 Å². The minimum absolute atomic E-state index is 0.0189. The van der Waals surface area contributed by atoms with E-state index in [9.17, 15) is 9.18 Å². The molecule has 1 aliphatic heterocycles. The highest BCUT2D eigenvalue weighted by Gasteiger charge is 2.27. The molecule has 2 aromatic heterocycles. The van der Waals surface area contributed by atoms with Crippen LogP contribution in [0.1, 0.15) is 29.5 Å². The van der Waals surface area contributed by atoms with Crippen LogP contribution in [0.15, 0.2) is 60.9 Å². The van der Waals surface area contributed by atoms with Crippen LogP contribution < -0.4 is 10.2 Å². The number of hydrogen-bond acceptors (Lipinski definition) is 4. The van der Waals surface area contributed by atoms with Crippen LogP contribution in [0.4, 0.5) is 10.2 Å². The average Bonchev–Trinajstić information content (AvgIpc) is 3.27. The number of benzene rings is 2. The topological polar surface area (TPSA) is 62.5 Å². The van der Waals surface area contributed by atoms with E-state index in [1.165, 1.54) is 23.3 Å². The monoisotopic (exact) mass is 457 g/mol. The van der Waals surface area contributed by atoms with Crippen molar-refractivity contribution >= 4 is 17.2 Å². The van der Waals surface area contributed by atoms with E-state index < -0.39 is 0 Å². The second-order valence-corrected chi connectivity index (χ2v) is 9.06. The van der Waals surface area contributed by atoms with Gasteiger partial charge in [-0.15, -0.1) is 0 Å². The summed E-state index contributed by atoms with van der Waals surface area (Å²) in [5.74, 6) is 0.464. The molecule has 7 heteroatoms. The Labute approximate surface area is 198 Å². The Morgan fingerprint density at radius 1 is 1.15 bits per heavy atom. The first-order valence-electron chi connectivity index (χ1n) is 11.7. The number of aryl methyl sites for hydroxylation is 2. The number of carbonyl (C=O) groups excluding carboxylic acids is 1. The number of carbonyl (C=O) groups is 1. The summed E-state index contributed by atoms with van der Waals surface area (Å²) in [6.07, 6.45) is 5.37. The average molecular weight is 458 g/mol. The predicted molar refractivity (Wildman–Crippen MR) is 131 cm³/mol. The number of rotatable bonds is 5. The number of aromatic nitrogens is 3. The summed E-state index contributed by atoms with van der Waals surface area (Å²) in [4.78, 5) is 19.7. The normalized spacial score (nSPS) is 16.1. The third kappa shape index (κ3) is 4.51. The van der Waals surface area contributed by atoms with E-state index in [1.807, 2.05) is 10.7 Å². The van der Waals surface area contributed by atoms with Crippen molar-refractivity contribution in [1.29, 1.82) is 0 Å². The minimum atomic E-state index is -0.278. The molecule has 0 radical (unpaired) electrons. The van der Waals surface area contributed by atoms with Gasteiger partial charge in [-0.1, -0.05) is 35.9 Å². The number of nitrogens with zero attached hydrogens (tertiary/aromatic N) is 4. The Hall–Kier alpha value is -3.74. The van der Waals surface area contributed by atoms with E-state index in [1.54, 1.807) is 18.3 Å². The molecule has 4 aromatic rings. The number of nitrogens with one attached hydrogen (secondary N) is 1. The number of fused-ring (bicyclic) bond motifs is 1. The lowest BCUT2D eigenvalue weighted by molar-refractivity contribution is -0.125. The van der Waals surface area contributed by atoms with Crippen LogP contribution in [0, 0.1) is 25.6 Å². The molecule has 0 saturated carbocycles. The first-order chi connectivity index (χ1) is 16.5. The summed E-state index contributed by atoms with van der Waals surface area (Å²) in [6.45, 7) is 6.03. The molecule has 6 nitrogen and oxygen atoms in total. The molecule has 1 fully saturated rings. The Balaban J connectivity index is 1.34. The summed E-state index contributed by atoms with van der Waals surface area (Å²) < 4.78 is 15.0. The molecule has 34 heavy (non-hydrogen) atoms. The first-order valence-corrected chi connectivity index (χ1v) is 11.7. The van der Waals surface area contributed by atoms with Crippen molar-refractivity contribution in [3.8, 4) is 11.3 Å². The predicted octanol–water partition coefficient (Wildman–Crippen LogP) is 4.69. The summed E-state index contributed by atoms with van der Waals surface area (Å²) in [7, 11) is 0. The second-order valence-electron chi connectivity index (χ2n) is 9.06. The van der Waals surface area contributed by atoms with Crippen molar-refractivity contribution in [3.05, 3.63) is 83.4 Å². The molecule has 2 aromatic carbocycles. The van der Waals surface area contributed by atoms with Gasteiger partial charge in [0.25, 0.3) is 0 Å². The highest BCUT2D eigenvalue weighted by molar-refractivity contribution is 5.81. The third-order valence-electron chi connectivity index (χ3n) is 6.50. The van der Waals surface area contributed by atoms with Crippen LogP contribution >= 0.6 is 0 Å². The number of piperidine rings is 1. The van der Waals surface area contributed by atoms with E-state index in [0.29, 0.717) is 13.1 Å². The van der Waals surface area contributed by atoms with Gasteiger partial charge in [-0.05, 0) is 56.0 Å². The van der Waals surface area contributed by atoms with Gasteiger partial charge in [0.1, 0.15) is 11.3 Å². The molecule has 1 N–H and O–H groups in total. The Kier molecular flexibility index (Phi) is 6.01. The van der Waals surface area contributed by atoms with Crippen LogP contribution in [0.3, 0.4) is 0 Å². The summed E-state index contributed by atoms with van der Waals surface area (Å²) in [5, 5.41) is 7.80. The number of halogens is 1. The molecule has 0 aliphatic carbocycles. The largest absolute Gasteiger partial charge is 0.354 e. The van der Waals surface area contributed by atoms with Gasteiger partial charge in [-0.3, -0.25) is 4.79 Å². The van der Waals surface area contributed by atoms with E-state index in [-0.39, 0.29) is 17.6 Å². The van der Waals surface area contributed by atoms with Gasteiger partial charge in [0.05, 0.1) is 11.6 Å². The van der Waals surface area contributed by atoms with E-state index in [2.05, 4.69) is 53.3 Å². The maximum Gasteiger partial charge on any atom is 0.225 e. The summed E-state index contributed by atoms with van der Waals surface area (Å²) in [6, 6.07) is 14.7. The maximum atomic E-state index is 13.1. The first kappa shape index (κ1) is 22.1. The van der Waals surface area contributed by atoms with Gasteiger partial charge in [0, 0.05) is 37.6 Å². The maximum absolute atomic E-state index is 13.1. The molecule has 174 valence electrons. The fourth-order valence-electron chi connectivity index (χ4n) is 4.70. The van der Waals surface area contributed by atoms with Crippen LogP contribution in [-0.2, 0) is 11.3 Å². The lowest BCUT2D eigenvalue weighted by Crippen LogP contribution is -2.43. The fourth-order valence-corrected chi connectivity index (χ4v) is 4.70. The number of hydrogen-bond donors (Lipinski definition) is 1. The van der Waals surface area contributed by atoms with Crippen molar-refractivity contribution < 1.29 is 9.18 Å². The molecule has 1 saturated heterocycles. The van der Waals surface area contributed by atoms with Gasteiger partial charge in [0.15, 0.2) is 5.82 Å². The number of anilines is 1. The Bertz CT molecular complexity index is 1330. The molecule has 0 spiro atoms. The molecule has 3 heterocycles. The molecule has 5 rings (SSSR count). The smallest absolute Gasteiger partial charge is 0.225 e. The van der Waals surface area contributed by atoms with E-state index in [0.717, 1.165) is 47.5 Å². The van der Waals surface area contributed by atoms with Crippen molar-refractivity contribution in [2.45, 2.75) is 33.2 Å². The van der Waals surface area contributed by atoms with Gasteiger partial charge < -0.3 is 10.2 Å². The van der Waals surface area contributed by atoms with Gasteiger partial charge in [-0.25, -0.2) is 13.9 Å². The van der Waals surface area contributed by atoms with Crippen molar-refractivity contribution in [1.82, 2.24) is 19.9 Å². The van der Waals surface area contributed by atoms with Crippen molar-refractivity contribution in [3.63, 3.8) is 0 Å². The van der Waals surface area contributed by atoms with Crippen LogP contribution in [-0.4, -0.2) is 33.6 Å². The lowest BCUT2D eigenvalue weighted by atomic mass is 9.97. The van der Waals surface area contributed by atoms with Crippen LogP contribution in [0.25, 0.3) is 16.8 Å². The number of amides is 1. The van der Waals surface area contributed by atoms with E-state index >= 15 is 0 Å². The fraction of sp³-hybridized carbons (Fsp3) is 0.296. The molecule has 1 aliphatic rings. The van der Waals surface area contributed by atoms with Crippen LogP contribution in [0.2, 0.25) is 0 Å². The van der Waals surface area contributed by atoms with Crippen molar-refractivity contribution in [2.75, 3.05) is 18.0 Å². The zero-order valence-electron chi connectivity index (χ0n) is 19.5. The van der Waals surface area contributed by atoms with Gasteiger partial charge >= 0.3 is 0 Å². The molecular formula is C27H28FN5O. The SMILES string of the molecule is Cc1ccc(-c2cc3c(N4CCCC(C(=O)NCc5ccc(F)cc5)C4)nccn3n2)c(C)c1. The van der Waals surface area contributed by atoms with Gasteiger partial charge in [0.2, 0.25) is 5.91 Å². The van der Waals surface area contributed by atoms with Crippen molar-refractivity contribution in [2.24, 2.45) is 5.92 Å². The molecular weight excluding hydrogens is 429 g/mol. The Morgan fingerprint density at radius 3 is 2.76 bits per heavy atom. The second kappa shape index (κ2) is 9.25. The Morgan fingerprint density at radius 2 is 1.97 bits per heavy atom. The summed E-state index contributed by atoms with van der Waals surface area (Å²) in [5.41, 5.74) is 6.25. The molecule has 1 unspecified atom stereocenters.